The number of amides is 1. The van der Waals surface area contributed by atoms with Gasteiger partial charge in [0.2, 0.25) is 0 Å². The molecule has 1 atom stereocenters. The number of anilines is 1. The van der Waals surface area contributed by atoms with Crippen molar-refractivity contribution < 1.29 is 27.5 Å². The lowest BCUT2D eigenvalue weighted by Gasteiger charge is -2.15. The van der Waals surface area contributed by atoms with E-state index in [-0.39, 0.29) is 11.5 Å². The van der Waals surface area contributed by atoms with E-state index in [1.165, 1.54) is 18.2 Å². The van der Waals surface area contributed by atoms with Crippen LogP contribution in [0, 0.1) is 0 Å². The second kappa shape index (κ2) is 9.91. The summed E-state index contributed by atoms with van der Waals surface area (Å²) >= 11 is 0. The Bertz CT molecular complexity index is 891. The molecule has 0 unspecified atom stereocenters. The summed E-state index contributed by atoms with van der Waals surface area (Å²) in [5, 5.41) is 2.71. The minimum atomic E-state index is -4.46. The molecule has 1 amide bonds. The van der Waals surface area contributed by atoms with Gasteiger partial charge in [-0.25, -0.2) is 4.79 Å². The molecule has 0 spiro atoms. The molecule has 7 heteroatoms. The number of carbonyl (C=O) groups excluding carboxylic acids is 2. The molecule has 2 aromatic rings. The zero-order valence-corrected chi connectivity index (χ0v) is 16.1. The highest BCUT2D eigenvalue weighted by Gasteiger charge is 2.30. The number of alkyl halides is 3. The van der Waals surface area contributed by atoms with Crippen LogP contribution >= 0.6 is 0 Å². The van der Waals surface area contributed by atoms with Gasteiger partial charge in [0.1, 0.15) is 0 Å². The van der Waals surface area contributed by atoms with E-state index in [0.29, 0.717) is 5.69 Å². The Hall–Kier alpha value is -3.09. The molecule has 0 heterocycles. The molecule has 0 fully saturated rings. The summed E-state index contributed by atoms with van der Waals surface area (Å²) in [6.07, 6.45) is -1.38. The molecule has 29 heavy (non-hydrogen) atoms. The van der Waals surface area contributed by atoms with Crippen molar-refractivity contribution in [1.82, 2.24) is 0 Å². The number of nitrogens with one attached hydrogen (secondary N) is 1. The molecular weight excluding hydrogens is 383 g/mol. The molecule has 0 aromatic heterocycles. The molecule has 1 N–H and O–H groups in total. The van der Waals surface area contributed by atoms with Crippen LogP contribution in [0.5, 0.6) is 0 Å². The third-order valence-electron chi connectivity index (χ3n) is 4.35. The molecule has 4 nitrogen and oxygen atoms in total. The van der Waals surface area contributed by atoms with Crippen molar-refractivity contribution in [2.24, 2.45) is 0 Å². The Morgan fingerprint density at radius 3 is 2.55 bits per heavy atom. The van der Waals surface area contributed by atoms with Gasteiger partial charge in [-0.3, -0.25) is 4.79 Å². The summed E-state index contributed by atoms with van der Waals surface area (Å²) in [4.78, 5) is 23.8. The second-order valence-corrected chi connectivity index (χ2v) is 6.51. The van der Waals surface area contributed by atoms with Crippen LogP contribution < -0.4 is 5.32 Å². The smallest absolute Gasteiger partial charge is 0.416 e. The highest BCUT2D eigenvalue weighted by molar-refractivity contribution is 5.95. The van der Waals surface area contributed by atoms with Gasteiger partial charge in [-0.2, -0.15) is 13.2 Å². The Labute approximate surface area is 167 Å². The van der Waals surface area contributed by atoms with Gasteiger partial charge < -0.3 is 10.1 Å². The number of ether oxygens (including phenoxy) is 1. The standard InChI is InChI=1S/C22H22F3NO3/c1-3-15(2)18-9-4-5-10-19(18)26-20(27)14-29-21(28)12-11-16-7-6-8-17(13-16)22(23,24)25/h4-13,15H,3,14H2,1-2H3,(H,26,27)/b12-11+/t15-/m1/s1. The summed E-state index contributed by atoms with van der Waals surface area (Å²) < 4.78 is 43.0. The van der Waals surface area contributed by atoms with Gasteiger partial charge in [-0.1, -0.05) is 44.2 Å². The zero-order valence-electron chi connectivity index (χ0n) is 16.1. The van der Waals surface area contributed by atoms with E-state index in [2.05, 4.69) is 5.32 Å². The minimum Gasteiger partial charge on any atom is -0.452 e. The van der Waals surface area contributed by atoms with E-state index >= 15 is 0 Å². The predicted octanol–water partition coefficient (Wildman–Crippen LogP) is 5.41. The number of rotatable bonds is 7. The number of para-hydroxylation sites is 1. The molecule has 0 saturated carbocycles. The number of halogens is 3. The van der Waals surface area contributed by atoms with Crippen LogP contribution in [-0.2, 0) is 20.5 Å². The highest BCUT2D eigenvalue weighted by atomic mass is 19.4. The number of hydrogen-bond donors (Lipinski definition) is 1. The van der Waals surface area contributed by atoms with Crippen LogP contribution in [0.15, 0.2) is 54.6 Å². The first-order chi connectivity index (χ1) is 13.7. The van der Waals surface area contributed by atoms with Crippen molar-refractivity contribution >= 4 is 23.6 Å². The summed E-state index contributed by atoms with van der Waals surface area (Å²) in [6.45, 7) is 3.59. The first kappa shape index (κ1) is 22.2. The summed E-state index contributed by atoms with van der Waals surface area (Å²) in [5.41, 5.74) is 1.03. The molecule has 0 aliphatic heterocycles. The number of esters is 1. The van der Waals surface area contributed by atoms with Crippen molar-refractivity contribution in [3.05, 3.63) is 71.3 Å². The monoisotopic (exact) mass is 405 g/mol. The molecule has 0 aliphatic carbocycles. The van der Waals surface area contributed by atoms with Crippen LogP contribution in [0.2, 0.25) is 0 Å². The molecule has 2 rings (SSSR count). The van der Waals surface area contributed by atoms with Gasteiger partial charge >= 0.3 is 12.1 Å². The molecular formula is C22H22F3NO3. The molecule has 0 saturated heterocycles. The topological polar surface area (TPSA) is 55.4 Å². The van der Waals surface area contributed by atoms with E-state index in [4.69, 9.17) is 4.74 Å². The van der Waals surface area contributed by atoms with Gasteiger partial charge in [-0.05, 0) is 47.7 Å². The third kappa shape index (κ3) is 6.78. The molecule has 154 valence electrons. The van der Waals surface area contributed by atoms with Gasteiger partial charge in [-0.15, -0.1) is 0 Å². The quantitative estimate of drug-likeness (QED) is 0.495. The van der Waals surface area contributed by atoms with Crippen LogP contribution in [-0.4, -0.2) is 18.5 Å². The number of hydrogen-bond acceptors (Lipinski definition) is 3. The largest absolute Gasteiger partial charge is 0.452 e. The second-order valence-electron chi connectivity index (χ2n) is 6.51. The third-order valence-corrected chi connectivity index (χ3v) is 4.35. The van der Waals surface area contributed by atoms with Crippen molar-refractivity contribution in [2.45, 2.75) is 32.4 Å². The first-order valence-electron chi connectivity index (χ1n) is 9.11. The SMILES string of the molecule is CC[C@@H](C)c1ccccc1NC(=O)COC(=O)/C=C/c1cccc(C(F)(F)F)c1. The van der Waals surface area contributed by atoms with Crippen molar-refractivity contribution in [2.75, 3.05) is 11.9 Å². The molecule has 0 bridgehead atoms. The normalized spacial score (nSPS) is 12.6. The maximum Gasteiger partial charge on any atom is 0.416 e. The predicted molar refractivity (Wildman–Crippen MR) is 105 cm³/mol. The van der Waals surface area contributed by atoms with E-state index in [1.54, 1.807) is 12.1 Å². The fourth-order valence-electron chi connectivity index (χ4n) is 2.61. The Kier molecular flexibility index (Phi) is 7.59. The average Bonchev–Trinajstić information content (AvgIpc) is 2.70. The lowest BCUT2D eigenvalue weighted by molar-refractivity contribution is -0.142. The van der Waals surface area contributed by atoms with Crippen LogP contribution in [0.4, 0.5) is 18.9 Å². The van der Waals surface area contributed by atoms with Crippen LogP contribution in [0.3, 0.4) is 0 Å². The van der Waals surface area contributed by atoms with Gasteiger partial charge in [0, 0.05) is 11.8 Å². The first-order valence-corrected chi connectivity index (χ1v) is 9.11. The van der Waals surface area contributed by atoms with E-state index in [9.17, 15) is 22.8 Å². The number of carbonyl (C=O) groups is 2. The molecule has 2 aromatic carbocycles. The van der Waals surface area contributed by atoms with Gasteiger partial charge in [0.05, 0.1) is 5.56 Å². The van der Waals surface area contributed by atoms with Crippen molar-refractivity contribution in [3.8, 4) is 0 Å². The van der Waals surface area contributed by atoms with Crippen molar-refractivity contribution in [3.63, 3.8) is 0 Å². The Morgan fingerprint density at radius 1 is 1.14 bits per heavy atom. The minimum absolute atomic E-state index is 0.198. The zero-order chi connectivity index (χ0) is 21.4. The molecule has 0 radical (unpaired) electrons. The lowest BCUT2D eigenvalue weighted by Crippen LogP contribution is -2.21. The average molecular weight is 405 g/mol. The molecule has 0 aliphatic rings. The van der Waals surface area contributed by atoms with Crippen LogP contribution in [0.25, 0.3) is 6.08 Å². The van der Waals surface area contributed by atoms with Crippen LogP contribution in [0.1, 0.15) is 42.9 Å². The number of benzene rings is 2. The Morgan fingerprint density at radius 2 is 1.86 bits per heavy atom. The summed E-state index contributed by atoms with van der Waals surface area (Å²) in [7, 11) is 0. The van der Waals surface area contributed by atoms with E-state index in [1.807, 2.05) is 26.0 Å². The van der Waals surface area contributed by atoms with Gasteiger partial charge in [0.25, 0.3) is 5.91 Å². The van der Waals surface area contributed by atoms with Crippen molar-refractivity contribution in [1.29, 1.82) is 0 Å². The fourth-order valence-corrected chi connectivity index (χ4v) is 2.61. The lowest BCUT2D eigenvalue weighted by atomic mass is 9.97. The maximum atomic E-state index is 12.7. The van der Waals surface area contributed by atoms with E-state index in [0.717, 1.165) is 30.2 Å². The maximum absolute atomic E-state index is 12.7. The Balaban J connectivity index is 1.91. The fraction of sp³-hybridized carbons (Fsp3) is 0.273. The summed E-state index contributed by atoms with van der Waals surface area (Å²) in [6, 6.07) is 11.9. The van der Waals surface area contributed by atoms with E-state index < -0.39 is 30.2 Å². The highest BCUT2D eigenvalue weighted by Crippen LogP contribution is 2.29. The van der Waals surface area contributed by atoms with Gasteiger partial charge in [0.15, 0.2) is 6.61 Å². The summed E-state index contributed by atoms with van der Waals surface area (Å²) in [5.74, 6) is -1.07.